The van der Waals surface area contributed by atoms with Crippen molar-refractivity contribution in [2.75, 3.05) is 7.11 Å². The molecule has 20 heavy (non-hydrogen) atoms. The second kappa shape index (κ2) is 7.81. The molecule has 0 aliphatic rings. The lowest BCUT2D eigenvalue weighted by Crippen LogP contribution is -2.43. The quantitative estimate of drug-likeness (QED) is 0.797. The van der Waals surface area contributed by atoms with Crippen molar-refractivity contribution >= 4 is 27.8 Å². The number of methoxy groups -OCH3 is 1. The summed E-state index contributed by atoms with van der Waals surface area (Å²) < 4.78 is 5.64. The highest BCUT2D eigenvalue weighted by Crippen LogP contribution is 2.17. The smallest absolute Gasteiger partial charge is 0.326 e. The number of carboxylic acids is 1. The lowest BCUT2D eigenvalue weighted by molar-refractivity contribution is -0.144. The van der Waals surface area contributed by atoms with Gasteiger partial charge in [-0.05, 0) is 10.0 Å². The average Bonchev–Trinajstić information content (AvgIpc) is 2.39. The molecule has 0 aromatic heterocycles. The Labute approximate surface area is 125 Å². The van der Waals surface area contributed by atoms with Crippen molar-refractivity contribution < 1.29 is 19.4 Å². The van der Waals surface area contributed by atoms with Crippen molar-refractivity contribution in [1.29, 1.82) is 0 Å². The van der Waals surface area contributed by atoms with Crippen LogP contribution in [0, 0.1) is 0 Å². The van der Waals surface area contributed by atoms with Gasteiger partial charge >= 0.3 is 5.97 Å². The number of nitrogens with one attached hydrogen (secondary N) is 1. The molecule has 1 rings (SSSR count). The summed E-state index contributed by atoms with van der Waals surface area (Å²) in [6.07, 6.45) is -0.742. The summed E-state index contributed by atoms with van der Waals surface area (Å²) >= 11 is 3.09. The maximum atomic E-state index is 12.1. The predicted octanol–water partition coefficient (Wildman–Crippen LogP) is 2.24. The maximum Gasteiger partial charge on any atom is 0.326 e. The van der Waals surface area contributed by atoms with Crippen molar-refractivity contribution in [3.8, 4) is 0 Å². The largest absolute Gasteiger partial charge is 0.480 e. The normalized spacial score (nSPS) is 13.3. The summed E-state index contributed by atoms with van der Waals surface area (Å²) in [4.78, 5) is 23.2. The van der Waals surface area contributed by atoms with E-state index in [2.05, 4.69) is 27.8 Å². The van der Waals surface area contributed by atoms with Crippen LogP contribution in [0.4, 0.5) is 0 Å². The van der Waals surface area contributed by atoms with Crippen LogP contribution < -0.4 is 5.32 Å². The summed E-state index contributed by atoms with van der Waals surface area (Å²) in [5.74, 6) is -1.62. The SMILES string of the molecule is C=C(Br)C[C@H](NC(=O)[C@@H](OC)c1ccccc1)C(=O)O. The minimum absolute atomic E-state index is 0.103. The Morgan fingerprint density at radius 3 is 2.45 bits per heavy atom. The zero-order chi connectivity index (χ0) is 15.1. The summed E-state index contributed by atoms with van der Waals surface area (Å²) in [5.41, 5.74) is 0.661. The molecule has 108 valence electrons. The molecule has 0 aliphatic heterocycles. The van der Waals surface area contributed by atoms with E-state index in [4.69, 9.17) is 9.84 Å². The van der Waals surface area contributed by atoms with Crippen molar-refractivity contribution in [3.05, 3.63) is 47.0 Å². The van der Waals surface area contributed by atoms with Gasteiger partial charge in [0.2, 0.25) is 0 Å². The van der Waals surface area contributed by atoms with Crippen molar-refractivity contribution in [3.63, 3.8) is 0 Å². The van der Waals surface area contributed by atoms with E-state index in [-0.39, 0.29) is 6.42 Å². The van der Waals surface area contributed by atoms with Crippen LogP contribution in [0.25, 0.3) is 0 Å². The Kier molecular flexibility index (Phi) is 6.41. The average molecular weight is 342 g/mol. The van der Waals surface area contributed by atoms with Crippen LogP contribution in [0.5, 0.6) is 0 Å². The second-order valence-corrected chi connectivity index (χ2v) is 5.27. The van der Waals surface area contributed by atoms with Crippen LogP contribution in [0.1, 0.15) is 18.1 Å². The molecule has 1 aromatic carbocycles. The maximum absolute atomic E-state index is 12.1. The van der Waals surface area contributed by atoms with Gasteiger partial charge in [-0.25, -0.2) is 4.79 Å². The van der Waals surface area contributed by atoms with E-state index in [1.54, 1.807) is 24.3 Å². The second-order valence-electron chi connectivity index (χ2n) is 4.15. The van der Waals surface area contributed by atoms with Gasteiger partial charge in [-0.15, -0.1) is 0 Å². The number of amides is 1. The minimum Gasteiger partial charge on any atom is -0.480 e. The Bertz CT molecular complexity index is 489. The Balaban J connectivity index is 2.81. The first-order valence-electron chi connectivity index (χ1n) is 5.90. The summed E-state index contributed by atoms with van der Waals surface area (Å²) in [5, 5.41) is 11.5. The minimum atomic E-state index is -1.12. The fourth-order valence-electron chi connectivity index (χ4n) is 1.69. The topological polar surface area (TPSA) is 75.6 Å². The third-order valence-electron chi connectivity index (χ3n) is 2.62. The van der Waals surface area contributed by atoms with Crippen LogP contribution in [0.2, 0.25) is 0 Å². The van der Waals surface area contributed by atoms with Crippen LogP contribution in [-0.4, -0.2) is 30.1 Å². The first kappa shape index (κ1) is 16.4. The molecule has 0 saturated heterocycles. The first-order chi connectivity index (χ1) is 9.45. The zero-order valence-corrected chi connectivity index (χ0v) is 12.6. The number of halogens is 1. The monoisotopic (exact) mass is 341 g/mol. The standard InChI is InChI=1S/C14H16BrNO4/c1-9(15)8-11(14(18)19)16-13(17)12(20-2)10-6-4-3-5-7-10/h3-7,11-12H,1,8H2,2H3,(H,16,17)(H,18,19)/t11-,12-/m0/s1. The molecular weight excluding hydrogens is 326 g/mol. The number of carbonyl (C=O) groups is 2. The molecule has 0 unspecified atom stereocenters. The molecule has 1 aromatic rings. The number of hydrogen-bond acceptors (Lipinski definition) is 3. The number of ether oxygens (including phenoxy) is 1. The van der Waals surface area contributed by atoms with Crippen LogP contribution in [0.15, 0.2) is 41.4 Å². The number of aliphatic carboxylic acids is 1. The highest BCUT2D eigenvalue weighted by molar-refractivity contribution is 9.11. The summed E-state index contributed by atoms with van der Waals surface area (Å²) in [7, 11) is 1.40. The molecule has 2 atom stereocenters. The fourth-order valence-corrected chi connectivity index (χ4v) is 2.02. The van der Waals surface area contributed by atoms with Gasteiger partial charge in [0, 0.05) is 13.5 Å². The molecule has 0 spiro atoms. The third-order valence-corrected chi connectivity index (χ3v) is 2.94. The number of carbonyl (C=O) groups excluding carboxylic acids is 1. The number of rotatable bonds is 7. The van der Waals surface area contributed by atoms with Crippen LogP contribution >= 0.6 is 15.9 Å². The van der Waals surface area contributed by atoms with Gasteiger partial charge < -0.3 is 15.2 Å². The molecular formula is C14H16BrNO4. The number of carboxylic acid groups (broad SMARTS) is 1. The van der Waals surface area contributed by atoms with E-state index in [1.165, 1.54) is 7.11 Å². The first-order valence-corrected chi connectivity index (χ1v) is 6.69. The van der Waals surface area contributed by atoms with E-state index in [0.29, 0.717) is 10.0 Å². The van der Waals surface area contributed by atoms with Crippen molar-refractivity contribution in [1.82, 2.24) is 5.32 Å². The Morgan fingerprint density at radius 1 is 1.40 bits per heavy atom. The molecule has 0 bridgehead atoms. The summed E-state index contributed by atoms with van der Waals surface area (Å²) in [6, 6.07) is 7.83. The highest BCUT2D eigenvalue weighted by Gasteiger charge is 2.26. The summed E-state index contributed by atoms with van der Waals surface area (Å²) in [6.45, 7) is 3.58. The van der Waals surface area contributed by atoms with Gasteiger partial charge in [0.15, 0.2) is 6.10 Å². The van der Waals surface area contributed by atoms with E-state index < -0.39 is 24.0 Å². The van der Waals surface area contributed by atoms with Crippen LogP contribution in [0.3, 0.4) is 0 Å². The Morgan fingerprint density at radius 2 is 2.00 bits per heavy atom. The lowest BCUT2D eigenvalue weighted by Gasteiger charge is -2.19. The van der Waals surface area contributed by atoms with Crippen molar-refractivity contribution in [2.24, 2.45) is 0 Å². The van der Waals surface area contributed by atoms with Gasteiger partial charge in [0.05, 0.1) is 0 Å². The van der Waals surface area contributed by atoms with Crippen LogP contribution in [-0.2, 0) is 14.3 Å². The van der Waals surface area contributed by atoms with Gasteiger partial charge in [-0.3, -0.25) is 4.79 Å². The molecule has 0 fully saturated rings. The predicted molar refractivity (Wildman–Crippen MR) is 78.4 cm³/mol. The van der Waals surface area contributed by atoms with Crippen molar-refractivity contribution in [2.45, 2.75) is 18.6 Å². The molecule has 0 heterocycles. The highest BCUT2D eigenvalue weighted by atomic mass is 79.9. The Hall–Kier alpha value is -1.66. The van der Waals surface area contributed by atoms with E-state index in [9.17, 15) is 9.59 Å². The van der Waals surface area contributed by atoms with Gasteiger partial charge in [-0.1, -0.05) is 52.8 Å². The van der Waals surface area contributed by atoms with E-state index in [1.807, 2.05) is 6.07 Å². The molecule has 0 aliphatic carbocycles. The molecule has 6 heteroatoms. The molecule has 1 amide bonds. The molecule has 2 N–H and O–H groups in total. The van der Waals surface area contributed by atoms with E-state index >= 15 is 0 Å². The van der Waals surface area contributed by atoms with Gasteiger partial charge in [0.25, 0.3) is 5.91 Å². The molecule has 0 saturated carbocycles. The number of benzene rings is 1. The van der Waals surface area contributed by atoms with Gasteiger partial charge in [-0.2, -0.15) is 0 Å². The molecule has 0 radical (unpaired) electrons. The van der Waals surface area contributed by atoms with E-state index in [0.717, 1.165) is 0 Å². The zero-order valence-electron chi connectivity index (χ0n) is 11.0. The third kappa shape index (κ3) is 4.79. The fraction of sp³-hybridized carbons (Fsp3) is 0.286. The lowest BCUT2D eigenvalue weighted by atomic mass is 10.1. The number of hydrogen-bond donors (Lipinski definition) is 2. The molecule has 5 nitrogen and oxygen atoms in total. The van der Waals surface area contributed by atoms with Gasteiger partial charge in [0.1, 0.15) is 6.04 Å².